The molecule has 0 heterocycles. The Bertz CT molecular complexity index is 430. The van der Waals surface area contributed by atoms with E-state index in [9.17, 15) is 4.79 Å². The van der Waals surface area contributed by atoms with E-state index in [1.54, 1.807) is 7.11 Å². The Hall–Kier alpha value is -0.910. The van der Waals surface area contributed by atoms with Gasteiger partial charge in [0.25, 0.3) is 0 Å². The zero-order valence-corrected chi connectivity index (χ0v) is 15.5. The first kappa shape index (κ1) is 19.4. The normalized spacial score (nSPS) is 26.5. The molecule has 0 unspecified atom stereocenters. The number of methoxy groups -OCH3 is 1. The predicted octanol–water partition coefficient (Wildman–Crippen LogP) is 3.61. The average molecular weight is 340 g/mol. The maximum atomic E-state index is 12.6. The van der Waals surface area contributed by atoms with Crippen molar-refractivity contribution in [3.05, 3.63) is 12.2 Å². The fourth-order valence-electron chi connectivity index (χ4n) is 3.33. The summed E-state index contributed by atoms with van der Waals surface area (Å²) in [5.74, 6) is 0.170. The molecular weight excluding hydrogens is 308 g/mol. The van der Waals surface area contributed by atoms with E-state index in [4.69, 9.17) is 18.9 Å². The van der Waals surface area contributed by atoms with Crippen molar-refractivity contribution >= 4 is 5.97 Å². The highest BCUT2D eigenvalue weighted by molar-refractivity contribution is 5.81. The molecule has 0 aliphatic heterocycles. The Labute approximate surface area is 145 Å². The van der Waals surface area contributed by atoms with E-state index in [0.29, 0.717) is 32.2 Å². The smallest absolute Gasteiger partial charge is 0.339 e. The van der Waals surface area contributed by atoms with E-state index >= 15 is 0 Å². The molecule has 2 aliphatic carbocycles. The lowest BCUT2D eigenvalue weighted by atomic mass is 9.87. The molecule has 0 spiro atoms. The molecule has 5 nitrogen and oxygen atoms in total. The molecule has 5 heteroatoms. The third-order valence-corrected chi connectivity index (χ3v) is 4.58. The highest BCUT2D eigenvalue weighted by atomic mass is 16.7. The highest BCUT2D eigenvalue weighted by Gasteiger charge is 2.44. The molecule has 0 N–H and O–H groups in total. The third-order valence-electron chi connectivity index (χ3n) is 4.58. The quantitative estimate of drug-likeness (QED) is 0.402. The van der Waals surface area contributed by atoms with Crippen molar-refractivity contribution in [2.45, 2.75) is 76.6 Å². The summed E-state index contributed by atoms with van der Waals surface area (Å²) >= 11 is 0. The molecule has 0 aromatic carbocycles. The summed E-state index contributed by atoms with van der Waals surface area (Å²) in [7, 11) is 1.64. The van der Waals surface area contributed by atoms with Crippen LogP contribution in [-0.2, 0) is 23.7 Å². The van der Waals surface area contributed by atoms with E-state index in [2.05, 4.69) is 0 Å². The largest absolute Gasteiger partial charge is 0.458 e. The molecule has 0 amide bonds. The Morgan fingerprint density at radius 3 is 2.54 bits per heavy atom. The van der Waals surface area contributed by atoms with Gasteiger partial charge >= 0.3 is 5.97 Å². The summed E-state index contributed by atoms with van der Waals surface area (Å²) in [4.78, 5) is 12.6. The maximum absolute atomic E-state index is 12.6. The van der Waals surface area contributed by atoms with Crippen LogP contribution in [0.15, 0.2) is 12.2 Å². The summed E-state index contributed by atoms with van der Waals surface area (Å²) in [5, 5.41) is 0. The van der Waals surface area contributed by atoms with Crippen LogP contribution in [0.2, 0.25) is 0 Å². The van der Waals surface area contributed by atoms with Crippen molar-refractivity contribution in [2.24, 2.45) is 5.92 Å². The number of rotatable bonds is 7. The molecule has 2 rings (SSSR count). The van der Waals surface area contributed by atoms with E-state index < -0.39 is 11.2 Å². The second kappa shape index (κ2) is 8.45. The van der Waals surface area contributed by atoms with Crippen molar-refractivity contribution < 1.29 is 23.7 Å². The molecule has 0 aromatic heterocycles. The number of carbonyl (C=O) groups is 1. The molecule has 24 heavy (non-hydrogen) atoms. The van der Waals surface area contributed by atoms with Gasteiger partial charge < -0.3 is 18.9 Å². The Morgan fingerprint density at radius 1 is 1.21 bits per heavy atom. The molecule has 1 fully saturated rings. The minimum Gasteiger partial charge on any atom is -0.458 e. The van der Waals surface area contributed by atoms with Gasteiger partial charge in [0.2, 0.25) is 0 Å². The van der Waals surface area contributed by atoms with Gasteiger partial charge in [0.1, 0.15) is 12.4 Å². The Morgan fingerprint density at radius 2 is 1.92 bits per heavy atom. The fraction of sp³-hybridized carbons (Fsp3) is 0.842. The minimum absolute atomic E-state index is 0.228. The van der Waals surface area contributed by atoms with Gasteiger partial charge in [0.15, 0.2) is 5.60 Å². The van der Waals surface area contributed by atoms with Crippen LogP contribution in [-0.4, -0.2) is 43.8 Å². The fourth-order valence-corrected chi connectivity index (χ4v) is 3.33. The topological polar surface area (TPSA) is 54.0 Å². The minimum atomic E-state index is -0.840. The van der Waals surface area contributed by atoms with Crippen molar-refractivity contribution in [1.29, 1.82) is 0 Å². The third kappa shape index (κ3) is 5.57. The van der Waals surface area contributed by atoms with Gasteiger partial charge in [-0.15, -0.1) is 0 Å². The van der Waals surface area contributed by atoms with Crippen molar-refractivity contribution in [3.63, 3.8) is 0 Å². The lowest BCUT2D eigenvalue weighted by molar-refractivity contribution is -0.185. The first-order valence-electron chi connectivity index (χ1n) is 8.97. The van der Waals surface area contributed by atoms with Crippen LogP contribution < -0.4 is 0 Å². The summed E-state index contributed by atoms with van der Waals surface area (Å²) in [6.07, 6.45) is 9.71. The van der Waals surface area contributed by atoms with Crippen molar-refractivity contribution in [2.75, 3.05) is 20.5 Å². The molecule has 0 aromatic rings. The zero-order chi connectivity index (χ0) is 17.6. The van der Waals surface area contributed by atoms with Gasteiger partial charge in [0, 0.05) is 20.0 Å². The summed E-state index contributed by atoms with van der Waals surface area (Å²) in [6, 6.07) is 0. The maximum Gasteiger partial charge on any atom is 0.339 e. The molecule has 0 bridgehead atoms. The standard InChI is InChI=1S/C19H32O5/c1-18(2,3)24-17(20)19(10-5-6-11-19)23-13-15-8-7-9-16(12-15)22-14-21-4/h5-6,15-16H,7-14H2,1-4H3/t15-,16+/m1/s1. The van der Waals surface area contributed by atoms with Crippen LogP contribution in [0.5, 0.6) is 0 Å². The lowest BCUT2D eigenvalue weighted by Crippen LogP contribution is -2.45. The first-order chi connectivity index (χ1) is 11.3. The lowest BCUT2D eigenvalue weighted by Gasteiger charge is -2.34. The first-order valence-corrected chi connectivity index (χ1v) is 8.97. The van der Waals surface area contributed by atoms with Crippen LogP contribution in [0, 0.1) is 5.92 Å². The number of hydrogen-bond donors (Lipinski definition) is 0. The summed E-state index contributed by atoms with van der Waals surface area (Å²) in [5.41, 5.74) is -1.34. The molecule has 2 atom stereocenters. The van der Waals surface area contributed by atoms with Crippen molar-refractivity contribution in [1.82, 2.24) is 0 Å². The predicted molar refractivity (Wildman–Crippen MR) is 91.6 cm³/mol. The van der Waals surface area contributed by atoms with E-state index in [0.717, 1.165) is 25.7 Å². The summed E-state index contributed by atoms with van der Waals surface area (Å²) < 4.78 is 22.4. The molecule has 0 saturated heterocycles. The van der Waals surface area contributed by atoms with Gasteiger partial charge in [-0.25, -0.2) is 4.79 Å². The van der Waals surface area contributed by atoms with Gasteiger partial charge in [-0.05, 0) is 46.0 Å². The monoisotopic (exact) mass is 340 g/mol. The van der Waals surface area contributed by atoms with E-state index in [1.807, 2.05) is 32.9 Å². The molecular formula is C19H32O5. The highest BCUT2D eigenvalue weighted by Crippen LogP contribution is 2.34. The molecule has 0 radical (unpaired) electrons. The molecule has 2 aliphatic rings. The number of esters is 1. The number of ether oxygens (including phenoxy) is 4. The van der Waals surface area contributed by atoms with Crippen LogP contribution in [0.3, 0.4) is 0 Å². The van der Waals surface area contributed by atoms with Crippen molar-refractivity contribution in [3.8, 4) is 0 Å². The van der Waals surface area contributed by atoms with E-state index in [-0.39, 0.29) is 12.1 Å². The van der Waals surface area contributed by atoms with Gasteiger partial charge in [0.05, 0.1) is 12.7 Å². The van der Waals surface area contributed by atoms with E-state index in [1.165, 1.54) is 0 Å². The second-order valence-electron chi connectivity index (χ2n) is 7.91. The zero-order valence-electron chi connectivity index (χ0n) is 15.5. The molecule has 138 valence electrons. The van der Waals surface area contributed by atoms with Crippen LogP contribution in [0.1, 0.15) is 59.3 Å². The van der Waals surface area contributed by atoms with Gasteiger partial charge in [-0.3, -0.25) is 0 Å². The van der Waals surface area contributed by atoms with Crippen LogP contribution in [0.25, 0.3) is 0 Å². The van der Waals surface area contributed by atoms with Crippen LogP contribution >= 0.6 is 0 Å². The number of hydrogen-bond acceptors (Lipinski definition) is 5. The second-order valence-corrected chi connectivity index (χ2v) is 7.91. The Kier molecular flexibility index (Phi) is 6.84. The average Bonchev–Trinajstić information content (AvgIpc) is 3.00. The Balaban J connectivity index is 1.88. The van der Waals surface area contributed by atoms with Gasteiger partial charge in [-0.1, -0.05) is 18.6 Å². The molecule has 1 saturated carbocycles. The number of carbonyl (C=O) groups excluding carboxylic acids is 1. The summed E-state index contributed by atoms with van der Waals surface area (Å²) in [6.45, 7) is 6.58. The van der Waals surface area contributed by atoms with Crippen LogP contribution in [0.4, 0.5) is 0 Å². The SMILES string of the molecule is COCO[C@H]1CCC[C@@H](COC2(C(=O)OC(C)(C)C)CC=CC2)C1. The van der Waals surface area contributed by atoms with Gasteiger partial charge in [-0.2, -0.15) is 0 Å².